The normalized spacial score (nSPS) is 16.8. The van der Waals surface area contributed by atoms with Gasteiger partial charge in [0, 0.05) is 64.0 Å². The first-order valence-electron chi connectivity index (χ1n) is 31.4. The second-order valence-corrected chi connectivity index (χ2v) is 23.0. The molecule has 0 fully saturated rings. The summed E-state index contributed by atoms with van der Waals surface area (Å²) in [5, 5.41) is 1.18. The molecule has 10 aromatic rings. The Morgan fingerprint density at radius 3 is 2.16 bits per heavy atom. The molecule has 0 saturated heterocycles. The zero-order chi connectivity index (χ0) is 62.6. The Morgan fingerprint density at radius 2 is 1.47 bits per heavy atom. The van der Waals surface area contributed by atoms with Crippen LogP contribution in [0, 0.1) is 43.9 Å². The van der Waals surface area contributed by atoms with Crippen molar-refractivity contribution >= 4 is 33.1 Å². The molecule has 0 atom stereocenters. The molecule has 0 bridgehead atoms. The molecule has 391 valence electrons. The van der Waals surface area contributed by atoms with E-state index in [1.54, 1.807) is 45.0 Å². The molecule has 1 aliphatic carbocycles. The Balaban J connectivity index is 0.000000205. The second-order valence-electron chi connectivity index (χ2n) is 23.0. The van der Waals surface area contributed by atoms with Crippen LogP contribution in [0.1, 0.15) is 161 Å². The summed E-state index contributed by atoms with van der Waals surface area (Å²) in [6.07, 6.45) is 1.69. The van der Waals surface area contributed by atoms with E-state index in [1.807, 2.05) is 12.1 Å². The van der Waals surface area contributed by atoms with Crippen molar-refractivity contribution in [3.05, 3.63) is 190 Å². The summed E-state index contributed by atoms with van der Waals surface area (Å²) in [4.78, 5) is 13.6. The maximum atomic E-state index is 13.9. The third-order valence-corrected chi connectivity index (χ3v) is 14.7. The number of fused-ring (bicyclic) bond motifs is 5. The zero-order valence-corrected chi connectivity index (χ0v) is 47.5. The minimum Gasteiger partial charge on any atom is -0.486 e. The first-order chi connectivity index (χ1) is 40.0. The van der Waals surface area contributed by atoms with Crippen LogP contribution in [0.2, 0.25) is 0 Å². The summed E-state index contributed by atoms with van der Waals surface area (Å²) in [6, 6.07) is 43.1. The Bertz CT molecular complexity index is 4210. The monoisotopic (exact) mass is 1190 g/mol. The molecule has 0 unspecified atom stereocenters. The van der Waals surface area contributed by atoms with Crippen molar-refractivity contribution in [1.82, 2.24) is 19.5 Å². The van der Waals surface area contributed by atoms with Crippen LogP contribution in [-0.4, -0.2) is 19.5 Å². The van der Waals surface area contributed by atoms with Crippen LogP contribution >= 0.6 is 0 Å². The molecule has 11 rings (SSSR count). The number of nitrogens with zero attached hydrogens (tertiary/aromatic N) is 4. The van der Waals surface area contributed by atoms with Crippen molar-refractivity contribution in [1.29, 1.82) is 0 Å². The fourth-order valence-electron chi connectivity index (χ4n) is 10.6. The second kappa shape index (κ2) is 20.8. The number of halogens is 1. The molecule has 76 heavy (non-hydrogen) atoms. The number of aromatic nitrogens is 4. The van der Waals surface area contributed by atoms with Crippen molar-refractivity contribution in [2.24, 2.45) is 5.41 Å². The molecular weight excluding hydrogens is 1110 g/mol. The van der Waals surface area contributed by atoms with Crippen LogP contribution < -0.4 is 0 Å². The predicted octanol–water partition coefficient (Wildman–Crippen LogP) is 18.9. The molecule has 0 saturated carbocycles. The minimum absolute atomic E-state index is 0. The summed E-state index contributed by atoms with van der Waals surface area (Å²) in [6.45, 7) is 16.0. The van der Waals surface area contributed by atoms with E-state index in [-0.39, 0.29) is 93.5 Å². The fourth-order valence-corrected chi connectivity index (χ4v) is 10.6. The summed E-state index contributed by atoms with van der Waals surface area (Å²) in [5.41, 5.74) is 12.3. The van der Waals surface area contributed by atoms with E-state index in [4.69, 9.17) is 24.5 Å². The molecule has 1 aliphatic rings. The predicted molar refractivity (Wildman–Crippen MR) is 311 cm³/mol. The van der Waals surface area contributed by atoms with E-state index in [0.29, 0.717) is 21.9 Å². The number of hydrogen-bond donors (Lipinski definition) is 0. The minimum atomic E-state index is -2.70. The summed E-state index contributed by atoms with van der Waals surface area (Å²) in [7, 11) is 0. The number of furan rings is 1. The molecular formula is C69H71FIrN4O-2. The van der Waals surface area contributed by atoms with Crippen molar-refractivity contribution in [2.75, 3.05) is 0 Å². The van der Waals surface area contributed by atoms with Gasteiger partial charge in [-0.1, -0.05) is 142 Å². The summed E-state index contributed by atoms with van der Waals surface area (Å²) >= 11 is 0. The zero-order valence-electron chi connectivity index (χ0n) is 56.1. The third kappa shape index (κ3) is 10.5. The molecule has 0 aliphatic heterocycles. The van der Waals surface area contributed by atoms with Gasteiger partial charge >= 0.3 is 0 Å². The molecule has 0 amide bonds. The van der Waals surface area contributed by atoms with Gasteiger partial charge in [-0.15, -0.1) is 48.0 Å². The largest absolute Gasteiger partial charge is 0.486 e. The molecule has 7 heteroatoms. The molecule has 0 spiro atoms. The van der Waals surface area contributed by atoms with Crippen LogP contribution in [0.15, 0.2) is 132 Å². The summed E-state index contributed by atoms with van der Waals surface area (Å²) in [5.74, 6) is 1.03. The number of hydrogen-bond acceptors (Lipinski definition) is 4. The number of para-hydroxylation sites is 2. The van der Waals surface area contributed by atoms with Gasteiger partial charge in [0.2, 0.25) is 5.71 Å². The van der Waals surface area contributed by atoms with Crippen molar-refractivity contribution < 1.29 is 44.0 Å². The third-order valence-electron chi connectivity index (χ3n) is 14.7. The van der Waals surface area contributed by atoms with Crippen molar-refractivity contribution in [3.8, 4) is 50.6 Å². The number of imidazole rings is 1. The smallest absolute Gasteiger partial charge is 0.216 e. The maximum Gasteiger partial charge on any atom is 0.216 e. The molecule has 6 aromatic carbocycles. The van der Waals surface area contributed by atoms with Gasteiger partial charge < -0.3 is 14.0 Å². The van der Waals surface area contributed by atoms with E-state index in [1.165, 1.54) is 101 Å². The average molecular weight is 1190 g/mol. The number of pyridine rings is 2. The van der Waals surface area contributed by atoms with E-state index in [2.05, 4.69) is 125 Å². The van der Waals surface area contributed by atoms with Gasteiger partial charge in [-0.3, -0.25) is 9.37 Å². The van der Waals surface area contributed by atoms with E-state index < -0.39 is 32.3 Å². The van der Waals surface area contributed by atoms with Crippen LogP contribution in [0.3, 0.4) is 0 Å². The number of rotatable bonds is 8. The average Bonchev–Trinajstić information content (AvgIpc) is 1.95. The van der Waals surface area contributed by atoms with E-state index >= 15 is 0 Å². The van der Waals surface area contributed by atoms with Crippen LogP contribution in [0.25, 0.3) is 83.7 Å². The fraction of sp³-hybridized carbons (Fsp3) is 0.319. The first kappa shape index (κ1) is 41.6. The first-order valence-corrected chi connectivity index (χ1v) is 25.9. The quantitative estimate of drug-likeness (QED) is 0.142. The van der Waals surface area contributed by atoms with Crippen LogP contribution in [-0.2, 0) is 37.3 Å². The number of benzene rings is 6. The molecule has 4 aromatic heterocycles. The van der Waals surface area contributed by atoms with Gasteiger partial charge in [0.15, 0.2) is 0 Å². The van der Waals surface area contributed by atoms with E-state index in [9.17, 15) is 4.39 Å². The summed E-state index contributed by atoms with van der Waals surface area (Å²) < 4.78 is 112. The van der Waals surface area contributed by atoms with Crippen molar-refractivity contribution in [2.45, 2.75) is 139 Å². The van der Waals surface area contributed by atoms with Gasteiger partial charge in [0.1, 0.15) is 0 Å². The van der Waals surface area contributed by atoms with E-state index in [0.717, 1.165) is 22.4 Å². The van der Waals surface area contributed by atoms with Gasteiger partial charge in [-0.2, -0.15) is 0 Å². The number of aryl methyl sites for hydroxylation is 3. The molecule has 4 heterocycles. The molecule has 5 nitrogen and oxygen atoms in total. The Kier molecular flexibility index (Phi) is 11.4. The van der Waals surface area contributed by atoms with Crippen LogP contribution in [0.4, 0.5) is 4.39 Å². The molecule has 0 N–H and O–H groups in total. The van der Waals surface area contributed by atoms with Gasteiger partial charge in [-0.25, -0.2) is 4.98 Å². The van der Waals surface area contributed by atoms with Gasteiger partial charge in [0.25, 0.3) is 0 Å². The van der Waals surface area contributed by atoms with Gasteiger partial charge in [0.05, 0.1) is 22.4 Å². The topological polar surface area (TPSA) is 56.7 Å². The standard InChI is InChI=1S/C39H42FN2.C30H29N2O.Ir/c1-24(2)30-21-28(27-15-18-32-33(23-27)39(7,8)20-19-38(32,5)6)22-31(25(3)4)36(30)42-35-12-10-9-11-34(35)41-37(42)26-13-16-29(40)17-14-26;1-18-14-21(16-30(4,5)6)11-13-22(18)26-15-27(31-17-19(26)2)25-9-7-8-23-24-12-10-20(3)32-29(24)33-28(23)25;/h9-13,15-18,21-25H,19-20H2,1-8H3;7-8,10-15,17H,16H2,1-6H3;/q2*-1;/i;1D3,2D3,3D3,16D2;. The van der Waals surface area contributed by atoms with Crippen molar-refractivity contribution in [3.63, 3.8) is 0 Å². The Hall–Kier alpha value is -6.53. The van der Waals surface area contributed by atoms with Crippen LogP contribution in [0.5, 0.6) is 0 Å². The Labute approximate surface area is 479 Å². The van der Waals surface area contributed by atoms with Gasteiger partial charge in [-0.05, 0) is 171 Å². The maximum absolute atomic E-state index is 13.9. The Morgan fingerprint density at radius 1 is 0.737 bits per heavy atom. The SMILES string of the molecule is CC(C)c1cc(-c2ccc3c(c2)C(C)(C)CCC3(C)C)cc(C(C)C)c1-n1c(-c2[c-]cc(F)cc2)nc2ccccc21.[2H]C([2H])([2H])c1ccc2c(n1)oc1c(-c3cc(-c4ccc(C([2H])([2H])C(C)(C)C)cc4C([2H])([2H])[2H])c(C([2H])([2H])[2H])cn3)[c-]ccc12.[Ir]. The molecule has 1 radical (unpaired) electrons.